The minimum Gasteiger partial charge on any atom is -0.350 e. The Kier molecular flexibility index (Phi) is 7.38. The Hall–Kier alpha value is -1.93. The molecule has 0 saturated carbocycles. The molecule has 150 valence electrons. The quantitative estimate of drug-likeness (QED) is 0.740. The molecule has 0 radical (unpaired) electrons. The third-order valence-electron chi connectivity index (χ3n) is 4.93. The van der Waals surface area contributed by atoms with Gasteiger partial charge in [-0.3, -0.25) is 9.59 Å². The highest BCUT2D eigenvalue weighted by atomic mass is 32.2. The van der Waals surface area contributed by atoms with Crippen molar-refractivity contribution in [3.05, 3.63) is 29.8 Å². The average Bonchev–Trinajstić information content (AvgIpc) is 2.68. The number of para-hydroxylation sites is 1. The van der Waals surface area contributed by atoms with E-state index in [2.05, 4.69) is 10.6 Å². The minimum absolute atomic E-state index is 0.0277. The van der Waals surface area contributed by atoms with Crippen molar-refractivity contribution in [1.82, 2.24) is 9.62 Å². The molecule has 27 heavy (non-hydrogen) atoms. The zero-order chi connectivity index (χ0) is 20.0. The largest absolute Gasteiger partial charge is 0.350 e. The summed E-state index contributed by atoms with van der Waals surface area (Å²) in [5.41, 5.74) is 0.846. The monoisotopic (exact) mass is 395 g/mol. The number of benzene rings is 1. The van der Waals surface area contributed by atoms with Gasteiger partial charge >= 0.3 is 0 Å². The summed E-state index contributed by atoms with van der Waals surface area (Å²) in [6.07, 6.45) is 2.08. The second kappa shape index (κ2) is 9.32. The van der Waals surface area contributed by atoms with E-state index in [0.717, 1.165) is 6.42 Å². The predicted molar refractivity (Wildman–Crippen MR) is 106 cm³/mol. The first-order valence-electron chi connectivity index (χ1n) is 9.47. The van der Waals surface area contributed by atoms with Crippen LogP contribution in [0.5, 0.6) is 0 Å². The molecule has 1 aliphatic rings. The molecule has 1 aliphatic heterocycles. The SMILES string of the molecule is CC[C@@H](C)NC(=O)c1ccccc1NC(=O)[C@H]1CCCN(S(=O)(=O)CC)C1. The molecule has 0 aromatic heterocycles. The molecule has 0 unspecified atom stereocenters. The van der Waals surface area contributed by atoms with Gasteiger partial charge in [0.1, 0.15) is 0 Å². The number of nitrogens with zero attached hydrogens (tertiary/aromatic N) is 1. The number of sulfonamides is 1. The molecule has 2 N–H and O–H groups in total. The lowest BCUT2D eigenvalue weighted by Gasteiger charge is -2.31. The fourth-order valence-corrected chi connectivity index (χ4v) is 4.20. The lowest BCUT2D eigenvalue weighted by molar-refractivity contribution is -0.120. The van der Waals surface area contributed by atoms with Gasteiger partial charge in [-0.15, -0.1) is 0 Å². The van der Waals surface area contributed by atoms with Gasteiger partial charge in [-0.1, -0.05) is 19.1 Å². The van der Waals surface area contributed by atoms with Crippen LogP contribution in [0.1, 0.15) is 50.4 Å². The highest BCUT2D eigenvalue weighted by molar-refractivity contribution is 7.89. The van der Waals surface area contributed by atoms with E-state index < -0.39 is 15.9 Å². The molecule has 8 heteroatoms. The van der Waals surface area contributed by atoms with Crippen molar-refractivity contribution in [2.45, 2.75) is 46.1 Å². The maximum absolute atomic E-state index is 12.7. The minimum atomic E-state index is -3.31. The summed E-state index contributed by atoms with van der Waals surface area (Å²) in [6.45, 7) is 6.14. The van der Waals surface area contributed by atoms with Gasteiger partial charge in [-0.25, -0.2) is 12.7 Å². The summed E-state index contributed by atoms with van der Waals surface area (Å²) >= 11 is 0. The first-order chi connectivity index (χ1) is 12.8. The number of piperidine rings is 1. The number of carbonyl (C=O) groups is 2. The van der Waals surface area contributed by atoms with Crippen LogP contribution in [-0.4, -0.2) is 49.4 Å². The fraction of sp³-hybridized carbons (Fsp3) is 0.579. The number of carbonyl (C=O) groups excluding carboxylic acids is 2. The van der Waals surface area contributed by atoms with Gasteiger partial charge < -0.3 is 10.6 Å². The molecule has 1 aromatic rings. The molecule has 2 atom stereocenters. The van der Waals surface area contributed by atoms with Crippen molar-refractivity contribution in [2.24, 2.45) is 5.92 Å². The van der Waals surface area contributed by atoms with Crippen LogP contribution >= 0.6 is 0 Å². The van der Waals surface area contributed by atoms with Crippen molar-refractivity contribution < 1.29 is 18.0 Å². The molecule has 0 bridgehead atoms. The Morgan fingerprint density at radius 3 is 2.63 bits per heavy atom. The second-order valence-corrected chi connectivity index (χ2v) is 9.17. The van der Waals surface area contributed by atoms with Gasteiger partial charge in [0.05, 0.1) is 22.9 Å². The lowest BCUT2D eigenvalue weighted by atomic mass is 9.98. The summed E-state index contributed by atoms with van der Waals surface area (Å²) in [7, 11) is -3.31. The molecule has 2 amide bonds. The topological polar surface area (TPSA) is 95.6 Å². The van der Waals surface area contributed by atoms with Gasteiger partial charge in [-0.05, 0) is 45.2 Å². The maximum Gasteiger partial charge on any atom is 0.253 e. The number of hydrogen-bond donors (Lipinski definition) is 2. The number of anilines is 1. The maximum atomic E-state index is 12.7. The Balaban J connectivity index is 2.11. The molecular formula is C19H29N3O4S. The first kappa shape index (κ1) is 21.4. The van der Waals surface area contributed by atoms with Crippen LogP contribution < -0.4 is 10.6 Å². The molecule has 2 rings (SSSR count). The Bertz CT molecular complexity index is 779. The summed E-state index contributed by atoms with van der Waals surface area (Å²) < 4.78 is 25.6. The van der Waals surface area contributed by atoms with E-state index in [9.17, 15) is 18.0 Å². The Morgan fingerprint density at radius 1 is 1.26 bits per heavy atom. The summed E-state index contributed by atoms with van der Waals surface area (Å²) in [5.74, 6) is -0.889. The van der Waals surface area contributed by atoms with Gasteiger partial charge in [0.15, 0.2) is 0 Å². The van der Waals surface area contributed by atoms with Gasteiger partial charge in [-0.2, -0.15) is 0 Å². The second-order valence-electron chi connectivity index (χ2n) is 6.92. The smallest absolute Gasteiger partial charge is 0.253 e. The zero-order valence-electron chi connectivity index (χ0n) is 16.2. The number of nitrogens with one attached hydrogen (secondary N) is 2. The van der Waals surface area contributed by atoms with E-state index in [0.29, 0.717) is 30.6 Å². The predicted octanol–water partition coefficient (Wildman–Crippen LogP) is 2.22. The van der Waals surface area contributed by atoms with Crippen LogP contribution in [0.15, 0.2) is 24.3 Å². The van der Waals surface area contributed by atoms with E-state index in [1.807, 2.05) is 13.8 Å². The van der Waals surface area contributed by atoms with Crippen LogP contribution in [0.25, 0.3) is 0 Å². The average molecular weight is 396 g/mol. The first-order valence-corrected chi connectivity index (χ1v) is 11.1. The molecular weight excluding hydrogens is 366 g/mol. The van der Waals surface area contributed by atoms with Crippen molar-refractivity contribution in [1.29, 1.82) is 0 Å². The third-order valence-corrected chi connectivity index (χ3v) is 6.78. The van der Waals surface area contributed by atoms with E-state index in [4.69, 9.17) is 0 Å². The third kappa shape index (κ3) is 5.52. The molecule has 1 aromatic carbocycles. The number of rotatable bonds is 7. The number of amides is 2. The highest BCUT2D eigenvalue weighted by Crippen LogP contribution is 2.22. The van der Waals surface area contributed by atoms with E-state index in [-0.39, 0.29) is 30.2 Å². The van der Waals surface area contributed by atoms with E-state index in [1.54, 1.807) is 31.2 Å². The fourth-order valence-electron chi connectivity index (χ4n) is 3.02. The molecule has 1 fully saturated rings. The highest BCUT2D eigenvalue weighted by Gasteiger charge is 2.31. The lowest BCUT2D eigenvalue weighted by Crippen LogP contribution is -2.44. The Labute approximate surface area is 161 Å². The summed E-state index contributed by atoms with van der Waals surface area (Å²) in [4.78, 5) is 25.2. The van der Waals surface area contributed by atoms with Gasteiger partial charge in [0.25, 0.3) is 5.91 Å². The zero-order valence-corrected chi connectivity index (χ0v) is 17.0. The van der Waals surface area contributed by atoms with Crippen LogP contribution in [-0.2, 0) is 14.8 Å². The van der Waals surface area contributed by atoms with Gasteiger partial charge in [0, 0.05) is 19.1 Å². The number of hydrogen-bond acceptors (Lipinski definition) is 4. The van der Waals surface area contributed by atoms with Crippen molar-refractivity contribution >= 4 is 27.5 Å². The molecule has 1 heterocycles. The standard InChI is InChI=1S/C19H29N3O4S/c1-4-14(3)20-19(24)16-10-6-7-11-17(16)21-18(23)15-9-8-12-22(13-15)27(25,26)5-2/h6-7,10-11,14-15H,4-5,8-9,12-13H2,1-3H3,(H,20,24)(H,21,23)/t14-,15+/m1/s1. The van der Waals surface area contributed by atoms with Crippen molar-refractivity contribution in [3.8, 4) is 0 Å². The molecule has 0 aliphatic carbocycles. The van der Waals surface area contributed by atoms with Gasteiger partial charge in [0.2, 0.25) is 15.9 Å². The van der Waals surface area contributed by atoms with Crippen LogP contribution in [0.3, 0.4) is 0 Å². The van der Waals surface area contributed by atoms with E-state index in [1.165, 1.54) is 4.31 Å². The van der Waals surface area contributed by atoms with Crippen LogP contribution in [0.4, 0.5) is 5.69 Å². The van der Waals surface area contributed by atoms with Crippen LogP contribution in [0.2, 0.25) is 0 Å². The van der Waals surface area contributed by atoms with Crippen molar-refractivity contribution in [2.75, 3.05) is 24.2 Å². The molecule has 7 nitrogen and oxygen atoms in total. The van der Waals surface area contributed by atoms with Crippen molar-refractivity contribution in [3.63, 3.8) is 0 Å². The molecule has 1 saturated heterocycles. The summed E-state index contributed by atoms with van der Waals surface area (Å²) in [6, 6.07) is 6.89. The van der Waals surface area contributed by atoms with Crippen LogP contribution in [0, 0.1) is 5.92 Å². The molecule has 0 spiro atoms. The Morgan fingerprint density at radius 2 is 1.96 bits per heavy atom. The van der Waals surface area contributed by atoms with E-state index >= 15 is 0 Å². The summed E-state index contributed by atoms with van der Waals surface area (Å²) in [5, 5.41) is 5.72. The normalized spacial score (nSPS) is 19.3.